The largest absolute Gasteiger partial charge is 0.478 e. The summed E-state index contributed by atoms with van der Waals surface area (Å²) in [6.07, 6.45) is 3.39. The van der Waals surface area contributed by atoms with Gasteiger partial charge in [0.05, 0.1) is 21.9 Å². The fourth-order valence-electron chi connectivity index (χ4n) is 4.92. The Hall–Kier alpha value is -3.61. The van der Waals surface area contributed by atoms with Gasteiger partial charge in [-0.05, 0) is 72.9 Å². The zero-order chi connectivity index (χ0) is 29.0. The second-order valence-electron chi connectivity index (χ2n) is 11.0. The lowest BCUT2D eigenvalue weighted by molar-refractivity contribution is -0.115. The number of aromatic carboxylic acids is 1. The van der Waals surface area contributed by atoms with E-state index in [-0.39, 0.29) is 22.4 Å². The van der Waals surface area contributed by atoms with E-state index in [9.17, 15) is 24.8 Å². The van der Waals surface area contributed by atoms with Gasteiger partial charge in [0.15, 0.2) is 0 Å². The molecule has 0 aliphatic heterocycles. The van der Waals surface area contributed by atoms with Crippen molar-refractivity contribution in [3.05, 3.63) is 75.7 Å². The Morgan fingerprint density at radius 2 is 1.85 bits per heavy atom. The highest BCUT2D eigenvalue weighted by molar-refractivity contribution is 8.00. The molecule has 3 N–H and O–H groups in total. The van der Waals surface area contributed by atoms with Crippen LogP contribution in [0.3, 0.4) is 0 Å². The fraction of sp³-hybridized carbons (Fsp3) is 0.355. The molecule has 9 heteroatoms. The molecule has 3 aromatic rings. The molecule has 0 bridgehead atoms. The van der Waals surface area contributed by atoms with Crippen LogP contribution >= 0.6 is 23.1 Å². The number of hydrogen-bond acceptors (Lipinski definition) is 6. The summed E-state index contributed by atoms with van der Waals surface area (Å²) >= 11 is 2.90. The Bertz CT molecular complexity index is 1480. The predicted octanol–water partition coefficient (Wildman–Crippen LogP) is 7.23. The zero-order valence-electron chi connectivity index (χ0n) is 23.0. The molecule has 0 fully saturated rings. The number of carboxylic acids is 1. The van der Waals surface area contributed by atoms with E-state index in [1.54, 1.807) is 30.3 Å². The third-order valence-electron chi connectivity index (χ3n) is 7.27. The maximum atomic E-state index is 13.3. The van der Waals surface area contributed by atoms with Crippen LogP contribution in [0.25, 0.3) is 0 Å². The van der Waals surface area contributed by atoms with Gasteiger partial charge in [-0.2, -0.15) is 5.26 Å². The average molecular weight is 576 g/mol. The van der Waals surface area contributed by atoms with E-state index in [4.69, 9.17) is 0 Å². The zero-order valence-corrected chi connectivity index (χ0v) is 24.7. The number of carbonyl (C=O) groups excluding carboxylic acids is 2. The summed E-state index contributed by atoms with van der Waals surface area (Å²) < 4.78 is 0. The molecule has 208 valence electrons. The van der Waals surface area contributed by atoms with Gasteiger partial charge in [-0.25, -0.2) is 4.79 Å². The minimum Gasteiger partial charge on any atom is -0.478 e. The van der Waals surface area contributed by atoms with Crippen LogP contribution in [0.5, 0.6) is 0 Å². The summed E-state index contributed by atoms with van der Waals surface area (Å²) in [6.45, 7) is 8.69. The summed E-state index contributed by atoms with van der Waals surface area (Å²) in [7, 11) is 0. The first-order valence-corrected chi connectivity index (χ1v) is 15.0. The van der Waals surface area contributed by atoms with Gasteiger partial charge in [-0.1, -0.05) is 45.9 Å². The number of thiophene rings is 1. The van der Waals surface area contributed by atoms with Crippen LogP contribution in [0, 0.1) is 22.7 Å². The number of thioether (sulfide) groups is 1. The minimum absolute atomic E-state index is 0.0691. The van der Waals surface area contributed by atoms with Crippen molar-refractivity contribution in [2.75, 3.05) is 10.6 Å². The molecular weight excluding hydrogens is 542 g/mol. The van der Waals surface area contributed by atoms with Crippen LogP contribution < -0.4 is 10.6 Å². The lowest BCUT2D eigenvalue weighted by atomic mass is 9.72. The summed E-state index contributed by atoms with van der Waals surface area (Å²) in [5.74, 6) is -1.32. The van der Waals surface area contributed by atoms with Crippen LogP contribution in [-0.4, -0.2) is 28.1 Å². The molecule has 0 spiro atoms. The van der Waals surface area contributed by atoms with Crippen molar-refractivity contribution in [3.63, 3.8) is 0 Å². The van der Waals surface area contributed by atoms with Gasteiger partial charge in [0.2, 0.25) is 5.91 Å². The molecule has 7 nitrogen and oxygen atoms in total. The molecule has 2 aromatic carbocycles. The van der Waals surface area contributed by atoms with Crippen molar-refractivity contribution >= 4 is 51.6 Å². The Labute approximate surface area is 243 Å². The number of nitriles is 1. The summed E-state index contributed by atoms with van der Waals surface area (Å²) in [5.41, 5.74) is 2.35. The van der Waals surface area contributed by atoms with Crippen molar-refractivity contribution < 1.29 is 19.5 Å². The highest BCUT2D eigenvalue weighted by atomic mass is 32.2. The molecule has 2 unspecified atom stereocenters. The van der Waals surface area contributed by atoms with Crippen LogP contribution in [0.15, 0.2) is 53.4 Å². The quantitative estimate of drug-likeness (QED) is 0.244. The first kappa shape index (κ1) is 29.4. The van der Waals surface area contributed by atoms with E-state index < -0.39 is 17.1 Å². The number of amides is 2. The van der Waals surface area contributed by atoms with E-state index in [0.29, 0.717) is 28.6 Å². The Morgan fingerprint density at radius 3 is 2.50 bits per heavy atom. The number of fused-ring (bicyclic) bond motifs is 1. The van der Waals surface area contributed by atoms with E-state index in [0.717, 1.165) is 29.7 Å². The van der Waals surface area contributed by atoms with Crippen LogP contribution in [0.4, 0.5) is 10.7 Å². The van der Waals surface area contributed by atoms with Gasteiger partial charge in [0.1, 0.15) is 11.1 Å². The molecule has 1 heterocycles. The lowest BCUT2D eigenvalue weighted by Crippen LogP contribution is -2.26. The molecule has 1 aliphatic carbocycles. The predicted molar refractivity (Wildman–Crippen MR) is 160 cm³/mol. The third kappa shape index (κ3) is 6.57. The van der Waals surface area contributed by atoms with Crippen molar-refractivity contribution in [1.82, 2.24) is 0 Å². The molecule has 2 atom stereocenters. The standard InChI is InChI=1S/C31H33N3O4S2/c1-5-25(28(36)34-29-24(17-32)21-14-13-18(31(2,3)4)15-26(21)40-29)39-20-10-8-9-19(16-20)33-27(35)22-11-6-7-12-23(22)30(37)38/h6-12,16,18,25H,5,13-15H2,1-4H3,(H,33,35)(H,34,36)(H,37,38). The topological polar surface area (TPSA) is 119 Å². The normalized spacial score (nSPS) is 15.4. The Kier molecular flexibility index (Phi) is 9.02. The molecule has 1 aromatic heterocycles. The number of nitrogens with zero attached hydrogens (tertiary/aromatic N) is 1. The van der Waals surface area contributed by atoms with Crippen molar-refractivity contribution in [1.29, 1.82) is 5.26 Å². The summed E-state index contributed by atoms with van der Waals surface area (Å²) in [6, 6.07) is 15.5. The van der Waals surface area contributed by atoms with Gasteiger partial charge in [-0.15, -0.1) is 23.1 Å². The van der Waals surface area contributed by atoms with Crippen LogP contribution in [-0.2, 0) is 17.6 Å². The highest BCUT2D eigenvalue weighted by Crippen LogP contribution is 2.44. The Morgan fingerprint density at radius 1 is 1.12 bits per heavy atom. The first-order valence-electron chi connectivity index (χ1n) is 13.3. The molecule has 4 rings (SSSR count). The third-order valence-corrected chi connectivity index (χ3v) is 9.80. The molecule has 0 saturated heterocycles. The van der Waals surface area contributed by atoms with Crippen LogP contribution in [0.2, 0.25) is 0 Å². The molecule has 0 radical (unpaired) electrons. The number of rotatable bonds is 8. The second kappa shape index (κ2) is 12.3. The lowest BCUT2D eigenvalue weighted by Gasteiger charge is -2.33. The monoisotopic (exact) mass is 575 g/mol. The van der Waals surface area contributed by atoms with Crippen molar-refractivity contribution in [3.8, 4) is 6.07 Å². The van der Waals surface area contributed by atoms with E-state index in [1.165, 1.54) is 40.1 Å². The number of benzene rings is 2. The number of nitrogens with one attached hydrogen (secondary N) is 2. The SMILES string of the molecule is CCC(Sc1cccc(NC(=O)c2ccccc2C(=O)O)c1)C(=O)Nc1sc2c(c1C#N)CCC(C(C)(C)C)C2. The number of anilines is 2. The number of carboxylic acid groups (broad SMARTS) is 1. The van der Waals surface area contributed by atoms with Gasteiger partial charge in [-0.3, -0.25) is 9.59 Å². The van der Waals surface area contributed by atoms with E-state index >= 15 is 0 Å². The maximum absolute atomic E-state index is 13.3. The molecule has 1 aliphatic rings. The highest BCUT2D eigenvalue weighted by Gasteiger charge is 2.33. The fourth-order valence-corrected chi connectivity index (χ4v) is 7.22. The van der Waals surface area contributed by atoms with Crippen molar-refractivity contribution in [2.24, 2.45) is 11.3 Å². The smallest absolute Gasteiger partial charge is 0.336 e. The summed E-state index contributed by atoms with van der Waals surface area (Å²) in [4.78, 5) is 39.6. The van der Waals surface area contributed by atoms with Gasteiger partial charge in [0, 0.05) is 15.5 Å². The molecular formula is C31H33N3O4S2. The van der Waals surface area contributed by atoms with Gasteiger partial charge >= 0.3 is 5.97 Å². The number of carbonyl (C=O) groups is 3. The Balaban J connectivity index is 1.46. The van der Waals surface area contributed by atoms with E-state index in [2.05, 4.69) is 37.5 Å². The first-order chi connectivity index (χ1) is 19.0. The molecule has 2 amide bonds. The summed E-state index contributed by atoms with van der Waals surface area (Å²) in [5, 5.41) is 25.3. The van der Waals surface area contributed by atoms with Crippen LogP contribution in [0.1, 0.15) is 77.3 Å². The van der Waals surface area contributed by atoms with E-state index in [1.807, 2.05) is 13.0 Å². The minimum atomic E-state index is -1.17. The molecule has 40 heavy (non-hydrogen) atoms. The maximum Gasteiger partial charge on any atom is 0.336 e. The average Bonchev–Trinajstić information content (AvgIpc) is 3.27. The van der Waals surface area contributed by atoms with Gasteiger partial charge < -0.3 is 15.7 Å². The van der Waals surface area contributed by atoms with Crippen molar-refractivity contribution in [2.45, 2.75) is 63.5 Å². The molecule has 0 saturated carbocycles. The second-order valence-corrected chi connectivity index (χ2v) is 13.3. The van der Waals surface area contributed by atoms with Gasteiger partial charge in [0.25, 0.3) is 5.91 Å². The number of hydrogen-bond donors (Lipinski definition) is 3.